The summed E-state index contributed by atoms with van der Waals surface area (Å²) < 4.78 is 0. The zero-order valence-electron chi connectivity index (χ0n) is 6.24. The summed E-state index contributed by atoms with van der Waals surface area (Å²) >= 11 is 5.60. The van der Waals surface area contributed by atoms with E-state index in [0.717, 1.165) is 0 Å². The Morgan fingerprint density at radius 3 is 2.58 bits per heavy atom. The van der Waals surface area contributed by atoms with Gasteiger partial charge in [0, 0.05) is 6.20 Å². The van der Waals surface area contributed by atoms with Crippen molar-refractivity contribution in [3.63, 3.8) is 0 Å². The molecular formula is C7H7Cl2NO2. The molecule has 1 heterocycles. The van der Waals surface area contributed by atoms with Gasteiger partial charge in [0.15, 0.2) is 0 Å². The number of carbonyl (C=O) groups is 1. The summed E-state index contributed by atoms with van der Waals surface area (Å²) in [4.78, 5) is 14.3. The number of carboxylic acids is 1. The van der Waals surface area contributed by atoms with Crippen LogP contribution in [0.3, 0.4) is 0 Å². The van der Waals surface area contributed by atoms with Gasteiger partial charge in [-0.05, 0) is 13.0 Å². The van der Waals surface area contributed by atoms with Crippen LogP contribution in [-0.4, -0.2) is 16.1 Å². The third kappa shape index (κ3) is 2.09. The fraction of sp³-hybridized carbons (Fsp3) is 0.143. The molecule has 0 bridgehead atoms. The first-order valence-electron chi connectivity index (χ1n) is 2.97. The van der Waals surface area contributed by atoms with Crippen molar-refractivity contribution in [2.45, 2.75) is 6.92 Å². The van der Waals surface area contributed by atoms with E-state index in [1.54, 1.807) is 6.92 Å². The minimum Gasteiger partial charge on any atom is -0.478 e. The lowest BCUT2D eigenvalue weighted by atomic mass is 10.2. The fourth-order valence-electron chi connectivity index (χ4n) is 0.792. The Bertz CT molecular complexity index is 281. The summed E-state index contributed by atoms with van der Waals surface area (Å²) in [6.07, 6.45) is 1.48. The van der Waals surface area contributed by atoms with Gasteiger partial charge in [-0.1, -0.05) is 11.6 Å². The smallest absolute Gasteiger partial charge is 0.339 e. The van der Waals surface area contributed by atoms with Gasteiger partial charge in [0.05, 0.1) is 16.3 Å². The quantitative estimate of drug-likeness (QED) is 0.769. The minimum absolute atomic E-state index is 0. The Hall–Kier alpha value is -0.800. The van der Waals surface area contributed by atoms with Gasteiger partial charge in [0.1, 0.15) is 0 Å². The van der Waals surface area contributed by atoms with Crippen molar-refractivity contribution in [2.24, 2.45) is 0 Å². The van der Waals surface area contributed by atoms with Gasteiger partial charge >= 0.3 is 5.97 Å². The number of nitrogens with zero attached hydrogens (tertiary/aromatic N) is 1. The number of hydrogen-bond acceptors (Lipinski definition) is 2. The molecule has 66 valence electrons. The molecule has 1 rings (SSSR count). The predicted octanol–water partition coefficient (Wildman–Crippen LogP) is 2.16. The van der Waals surface area contributed by atoms with Crippen molar-refractivity contribution in [2.75, 3.05) is 0 Å². The summed E-state index contributed by atoms with van der Waals surface area (Å²) in [5, 5.41) is 8.85. The number of aromatic nitrogens is 1. The van der Waals surface area contributed by atoms with E-state index in [-0.39, 0.29) is 23.0 Å². The van der Waals surface area contributed by atoms with E-state index >= 15 is 0 Å². The number of hydrogen-bond donors (Lipinski definition) is 1. The molecule has 0 aromatic carbocycles. The number of pyridine rings is 1. The SMILES string of the molecule is Cc1nccc(Cl)c1C(=O)O.Cl. The maximum Gasteiger partial charge on any atom is 0.339 e. The van der Waals surface area contributed by atoms with Crippen LogP contribution >= 0.6 is 24.0 Å². The standard InChI is InChI=1S/C7H6ClNO2.ClH/c1-4-6(7(10)11)5(8)2-3-9-4;/h2-3H,1H3,(H,10,11);1H. The molecule has 1 aromatic heterocycles. The molecule has 0 saturated carbocycles. The van der Waals surface area contributed by atoms with Gasteiger partial charge in [-0.3, -0.25) is 4.98 Å². The highest BCUT2D eigenvalue weighted by molar-refractivity contribution is 6.33. The lowest BCUT2D eigenvalue weighted by molar-refractivity contribution is 0.0696. The average molecular weight is 208 g/mol. The van der Waals surface area contributed by atoms with E-state index in [4.69, 9.17) is 16.7 Å². The number of rotatable bonds is 1. The zero-order chi connectivity index (χ0) is 8.43. The third-order valence-corrected chi connectivity index (χ3v) is 1.62. The van der Waals surface area contributed by atoms with Crippen LogP contribution in [0.5, 0.6) is 0 Å². The Labute approximate surface area is 80.8 Å². The second kappa shape index (κ2) is 4.28. The van der Waals surface area contributed by atoms with Crippen LogP contribution in [0.2, 0.25) is 5.02 Å². The van der Waals surface area contributed by atoms with E-state index in [1.165, 1.54) is 12.3 Å². The highest BCUT2D eigenvalue weighted by Crippen LogP contribution is 2.16. The topological polar surface area (TPSA) is 50.2 Å². The Morgan fingerprint density at radius 1 is 1.67 bits per heavy atom. The fourth-order valence-corrected chi connectivity index (χ4v) is 1.07. The van der Waals surface area contributed by atoms with Crippen molar-refractivity contribution in [3.8, 4) is 0 Å². The molecule has 0 unspecified atom stereocenters. The number of aryl methyl sites for hydroxylation is 1. The molecule has 0 saturated heterocycles. The van der Waals surface area contributed by atoms with Crippen molar-refractivity contribution >= 4 is 30.0 Å². The predicted molar refractivity (Wildman–Crippen MR) is 48.2 cm³/mol. The highest BCUT2D eigenvalue weighted by atomic mass is 35.5. The molecule has 0 aliphatic heterocycles. The van der Waals surface area contributed by atoms with Gasteiger partial charge in [-0.25, -0.2) is 4.79 Å². The van der Waals surface area contributed by atoms with Gasteiger partial charge in [0.2, 0.25) is 0 Å². The monoisotopic (exact) mass is 207 g/mol. The van der Waals surface area contributed by atoms with Crippen LogP contribution in [0.4, 0.5) is 0 Å². The largest absolute Gasteiger partial charge is 0.478 e. The van der Waals surface area contributed by atoms with Crippen LogP contribution < -0.4 is 0 Å². The van der Waals surface area contributed by atoms with Crippen LogP contribution in [0.1, 0.15) is 16.1 Å². The van der Waals surface area contributed by atoms with Gasteiger partial charge < -0.3 is 5.11 Å². The molecule has 3 nitrogen and oxygen atoms in total. The van der Waals surface area contributed by atoms with Crippen LogP contribution in [-0.2, 0) is 0 Å². The Kier molecular flexibility index (Phi) is 4.00. The Balaban J connectivity index is 0.00000121. The molecule has 0 aliphatic carbocycles. The summed E-state index contributed by atoms with van der Waals surface area (Å²) in [5.74, 6) is -1.04. The summed E-state index contributed by atoms with van der Waals surface area (Å²) in [7, 11) is 0. The van der Waals surface area contributed by atoms with Crippen molar-refractivity contribution in [1.82, 2.24) is 4.98 Å². The summed E-state index contributed by atoms with van der Waals surface area (Å²) in [6, 6.07) is 1.46. The second-order valence-electron chi connectivity index (χ2n) is 2.06. The van der Waals surface area contributed by atoms with Crippen molar-refractivity contribution in [1.29, 1.82) is 0 Å². The molecular weight excluding hydrogens is 201 g/mol. The highest BCUT2D eigenvalue weighted by Gasteiger charge is 2.11. The maximum absolute atomic E-state index is 10.5. The molecule has 0 spiro atoms. The van der Waals surface area contributed by atoms with E-state index in [2.05, 4.69) is 4.98 Å². The summed E-state index contributed by atoms with van der Waals surface area (Å²) in [6.45, 7) is 1.61. The molecule has 0 amide bonds. The first-order valence-corrected chi connectivity index (χ1v) is 3.35. The molecule has 0 aliphatic rings. The number of carboxylic acid groups (broad SMARTS) is 1. The minimum atomic E-state index is -1.04. The number of halogens is 2. The zero-order valence-corrected chi connectivity index (χ0v) is 7.82. The van der Waals surface area contributed by atoms with E-state index in [9.17, 15) is 4.79 Å². The van der Waals surface area contributed by atoms with Crippen LogP contribution in [0.15, 0.2) is 12.3 Å². The Morgan fingerprint density at radius 2 is 2.25 bits per heavy atom. The molecule has 1 N–H and O–H groups in total. The lowest BCUT2D eigenvalue weighted by Gasteiger charge is -1.99. The molecule has 1 aromatic rings. The normalized spacial score (nSPS) is 8.83. The van der Waals surface area contributed by atoms with Gasteiger partial charge in [-0.15, -0.1) is 12.4 Å². The molecule has 12 heavy (non-hydrogen) atoms. The second-order valence-corrected chi connectivity index (χ2v) is 2.47. The van der Waals surface area contributed by atoms with Gasteiger partial charge in [-0.2, -0.15) is 0 Å². The summed E-state index contributed by atoms with van der Waals surface area (Å²) in [5.41, 5.74) is 0.513. The molecule has 0 fully saturated rings. The third-order valence-electron chi connectivity index (χ3n) is 1.30. The molecule has 5 heteroatoms. The van der Waals surface area contributed by atoms with Crippen LogP contribution in [0, 0.1) is 6.92 Å². The van der Waals surface area contributed by atoms with E-state index < -0.39 is 5.97 Å². The first kappa shape index (κ1) is 11.2. The van der Waals surface area contributed by atoms with Crippen molar-refractivity contribution in [3.05, 3.63) is 28.5 Å². The first-order chi connectivity index (χ1) is 5.13. The van der Waals surface area contributed by atoms with Crippen LogP contribution in [0.25, 0.3) is 0 Å². The average Bonchev–Trinajstić information content (AvgIpc) is 1.85. The van der Waals surface area contributed by atoms with E-state index in [1.807, 2.05) is 0 Å². The lowest BCUT2D eigenvalue weighted by Crippen LogP contribution is -2.01. The molecule has 0 atom stereocenters. The maximum atomic E-state index is 10.5. The van der Waals surface area contributed by atoms with Crippen molar-refractivity contribution < 1.29 is 9.90 Å². The van der Waals surface area contributed by atoms with Gasteiger partial charge in [0.25, 0.3) is 0 Å². The number of aromatic carboxylic acids is 1. The van der Waals surface area contributed by atoms with E-state index in [0.29, 0.717) is 5.69 Å². The molecule has 0 radical (unpaired) electrons.